The summed E-state index contributed by atoms with van der Waals surface area (Å²) in [5, 5.41) is 4.76. The molecule has 0 aliphatic rings. The number of rotatable bonds is 4. The van der Waals surface area contributed by atoms with E-state index in [1.165, 1.54) is 44.1 Å². The predicted molar refractivity (Wildman–Crippen MR) is 205 cm³/mol. The van der Waals surface area contributed by atoms with E-state index in [0.717, 1.165) is 49.7 Å². The first-order chi connectivity index (χ1) is 24.3. The number of hydrogen-bond acceptors (Lipinski definition) is 2. The molecule has 10 rings (SSSR count). The molecule has 0 aliphatic carbocycles. The Morgan fingerprint density at radius 2 is 0.796 bits per heavy atom. The molecule has 0 aliphatic heterocycles. The normalized spacial score (nSPS) is 11.7. The van der Waals surface area contributed by atoms with Gasteiger partial charge in [-0.2, -0.15) is 0 Å². The highest BCUT2D eigenvalue weighted by Gasteiger charge is 2.15. The van der Waals surface area contributed by atoms with Gasteiger partial charge in [0, 0.05) is 21.8 Å². The summed E-state index contributed by atoms with van der Waals surface area (Å²) in [6.07, 6.45) is 0. The van der Waals surface area contributed by atoms with Gasteiger partial charge in [-0.1, -0.05) is 115 Å². The molecule has 228 valence electrons. The molecule has 0 fully saturated rings. The number of hydrogen-bond donors (Lipinski definition) is 0. The second-order valence-corrected chi connectivity index (χ2v) is 12.7. The zero-order chi connectivity index (χ0) is 32.3. The van der Waals surface area contributed by atoms with Gasteiger partial charge in [-0.3, -0.25) is 0 Å². The third-order valence-electron chi connectivity index (χ3n) is 9.76. The van der Waals surface area contributed by atoms with E-state index < -0.39 is 0 Å². The first kappa shape index (κ1) is 27.5. The van der Waals surface area contributed by atoms with Crippen LogP contribution in [0.25, 0.3) is 93.7 Å². The van der Waals surface area contributed by atoms with Crippen molar-refractivity contribution in [2.75, 3.05) is 0 Å². The minimum Gasteiger partial charge on any atom is -0.309 e. The smallest absolute Gasteiger partial charge is 0.0973 e. The molecule has 49 heavy (non-hydrogen) atoms. The Balaban J connectivity index is 1.11. The fraction of sp³-hybridized carbons (Fsp3) is 0. The quantitative estimate of drug-likeness (QED) is 0.144. The lowest BCUT2D eigenvalue weighted by molar-refractivity contribution is 1.18. The van der Waals surface area contributed by atoms with Gasteiger partial charge in [0.15, 0.2) is 0 Å². The summed E-state index contributed by atoms with van der Waals surface area (Å²) in [7, 11) is 0. The summed E-state index contributed by atoms with van der Waals surface area (Å²) in [4.78, 5) is 9.93. The summed E-state index contributed by atoms with van der Waals surface area (Å²) >= 11 is 0. The Morgan fingerprint density at radius 1 is 0.327 bits per heavy atom. The van der Waals surface area contributed by atoms with E-state index >= 15 is 0 Å². The Bertz CT molecular complexity index is 2760. The van der Waals surface area contributed by atoms with Crippen molar-refractivity contribution in [3.05, 3.63) is 176 Å². The monoisotopic (exact) mass is 623 g/mol. The van der Waals surface area contributed by atoms with Crippen LogP contribution in [0, 0.1) is 0 Å². The molecule has 2 heterocycles. The molecule has 0 bridgehead atoms. The highest BCUT2D eigenvalue weighted by Crippen LogP contribution is 2.38. The lowest BCUT2D eigenvalue weighted by atomic mass is 10.00. The average Bonchev–Trinajstić information content (AvgIpc) is 3.50. The maximum atomic E-state index is 5.03. The molecule has 0 unspecified atom stereocenters. The largest absolute Gasteiger partial charge is 0.309 e. The van der Waals surface area contributed by atoms with Gasteiger partial charge in [0.1, 0.15) is 0 Å². The lowest BCUT2D eigenvalue weighted by Crippen LogP contribution is -1.94. The van der Waals surface area contributed by atoms with Crippen LogP contribution >= 0.6 is 0 Å². The minimum absolute atomic E-state index is 0.912. The fourth-order valence-corrected chi connectivity index (χ4v) is 7.31. The van der Waals surface area contributed by atoms with E-state index in [9.17, 15) is 0 Å². The SMILES string of the molecule is c1ccc(-c2ccc3c(c2)c2cc(-c4ccccc4)ccc2n3-c2ccc(-c3ccc4ccc5nc6ccccc6nc5c4c3)cc2)cc1. The van der Waals surface area contributed by atoms with Gasteiger partial charge in [-0.05, 0) is 99.4 Å². The Hall–Kier alpha value is -6.58. The molecule has 0 radical (unpaired) electrons. The van der Waals surface area contributed by atoms with E-state index in [1.807, 2.05) is 24.3 Å². The molecule has 10 aromatic rings. The summed E-state index contributed by atoms with van der Waals surface area (Å²) in [6.45, 7) is 0. The predicted octanol–water partition coefficient (Wildman–Crippen LogP) is 12.0. The first-order valence-electron chi connectivity index (χ1n) is 16.7. The first-order valence-corrected chi connectivity index (χ1v) is 16.7. The molecule has 0 N–H and O–H groups in total. The number of benzene rings is 8. The third kappa shape index (κ3) is 4.59. The number of fused-ring (bicyclic) bond motifs is 7. The summed E-state index contributed by atoms with van der Waals surface area (Å²) in [5.41, 5.74) is 14.4. The van der Waals surface area contributed by atoms with Crippen molar-refractivity contribution in [3.8, 4) is 39.1 Å². The molecular weight excluding hydrogens is 595 g/mol. The van der Waals surface area contributed by atoms with E-state index in [0.29, 0.717) is 0 Å². The molecular formula is C46H29N3. The topological polar surface area (TPSA) is 30.7 Å². The Morgan fingerprint density at radius 3 is 1.41 bits per heavy atom. The molecule has 0 atom stereocenters. The van der Waals surface area contributed by atoms with Gasteiger partial charge in [0.05, 0.1) is 33.1 Å². The van der Waals surface area contributed by atoms with Crippen molar-refractivity contribution in [3.63, 3.8) is 0 Å². The second-order valence-electron chi connectivity index (χ2n) is 12.7. The van der Waals surface area contributed by atoms with Crippen molar-refractivity contribution >= 4 is 54.6 Å². The van der Waals surface area contributed by atoms with Crippen molar-refractivity contribution in [2.45, 2.75) is 0 Å². The van der Waals surface area contributed by atoms with Crippen molar-refractivity contribution < 1.29 is 0 Å². The molecule has 2 aromatic heterocycles. The number of para-hydroxylation sites is 2. The van der Waals surface area contributed by atoms with Crippen LogP contribution in [0.15, 0.2) is 176 Å². The zero-order valence-corrected chi connectivity index (χ0v) is 26.6. The van der Waals surface area contributed by atoms with Crippen LogP contribution in [0.4, 0.5) is 0 Å². The van der Waals surface area contributed by atoms with Crippen molar-refractivity contribution in [2.24, 2.45) is 0 Å². The van der Waals surface area contributed by atoms with Gasteiger partial charge in [0.25, 0.3) is 0 Å². The fourth-order valence-electron chi connectivity index (χ4n) is 7.31. The second kappa shape index (κ2) is 11.0. The van der Waals surface area contributed by atoms with Crippen LogP contribution in [0.5, 0.6) is 0 Å². The van der Waals surface area contributed by atoms with Crippen LogP contribution < -0.4 is 0 Å². The molecule has 3 nitrogen and oxygen atoms in total. The highest BCUT2D eigenvalue weighted by molar-refractivity contribution is 6.12. The van der Waals surface area contributed by atoms with Gasteiger partial charge < -0.3 is 4.57 Å². The van der Waals surface area contributed by atoms with Crippen LogP contribution in [0.3, 0.4) is 0 Å². The van der Waals surface area contributed by atoms with E-state index in [-0.39, 0.29) is 0 Å². The maximum absolute atomic E-state index is 5.03. The molecule has 3 heteroatoms. The lowest BCUT2D eigenvalue weighted by Gasteiger charge is -2.11. The zero-order valence-electron chi connectivity index (χ0n) is 26.6. The standard InChI is InChI=1S/C46H29N3/c1-3-9-30(10-4-1)35-20-25-44-39(28-35)40-29-36(31-11-5-2-6-12-31)21-26-45(40)49(44)37-22-17-32(18-23-37)34-16-15-33-19-24-43-46(38(33)27-34)48-42-14-8-7-13-41(42)47-43/h1-29H. The highest BCUT2D eigenvalue weighted by atomic mass is 15.0. The molecule has 0 saturated carbocycles. The van der Waals surface area contributed by atoms with Gasteiger partial charge in [0.2, 0.25) is 0 Å². The Labute approximate surface area is 283 Å². The van der Waals surface area contributed by atoms with E-state index in [1.54, 1.807) is 0 Å². The number of nitrogens with zero attached hydrogens (tertiary/aromatic N) is 3. The molecule has 0 amide bonds. The van der Waals surface area contributed by atoms with Crippen LogP contribution in [-0.2, 0) is 0 Å². The summed E-state index contributed by atoms with van der Waals surface area (Å²) < 4.78 is 2.40. The van der Waals surface area contributed by atoms with Crippen LogP contribution in [0.2, 0.25) is 0 Å². The molecule has 0 saturated heterocycles. The summed E-state index contributed by atoms with van der Waals surface area (Å²) in [5.74, 6) is 0. The Kier molecular flexibility index (Phi) is 6.18. The van der Waals surface area contributed by atoms with Gasteiger partial charge >= 0.3 is 0 Å². The average molecular weight is 624 g/mol. The minimum atomic E-state index is 0.912. The summed E-state index contributed by atoms with van der Waals surface area (Å²) in [6, 6.07) is 62.9. The molecule has 8 aromatic carbocycles. The van der Waals surface area contributed by atoms with E-state index in [4.69, 9.17) is 9.97 Å². The maximum Gasteiger partial charge on any atom is 0.0973 e. The third-order valence-corrected chi connectivity index (χ3v) is 9.76. The number of aromatic nitrogens is 3. The van der Waals surface area contributed by atoms with Gasteiger partial charge in [-0.15, -0.1) is 0 Å². The van der Waals surface area contributed by atoms with Crippen molar-refractivity contribution in [1.82, 2.24) is 14.5 Å². The van der Waals surface area contributed by atoms with E-state index in [2.05, 4.69) is 156 Å². The van der Waals surface area contributed by atoms with Crippen molar-refractivity contribution in [1.29, 1.82) is 0 Å². The van der Waals surface area contributed by atoms with Crippen LogP contribution in [-0.4, -0.2) is 14.5 Å². The van der Waals surface area contributed by atoms with Crippen LogP contribution in [0.1, 0.15) is 0 Å². The molecule has 0 spiro atoms. The van der Waals surface area contributed by atoms with Gasteiger partial charge in [-0.25, -0.2) is 9.97 Å².